The lowest BCUT2D eigenvalue weighted by Crippen LogP contribution is -2.15. The number of hydrogen-bond donors (Lipinski definition) is 2. The third-order valence-corrected chi connectivity index (χ3v) is 4.53. The van der Waals surface area contributed by atoms with Crippen molar-refractivity contribution in [2.24, 2.45) is 0 Å². The van der Waals surface area contributed by atoms with Gasteiger partial charge >= 0.3 is 0 Å². The van der Waals surface area contributed by atoms with Crippen molar-refractivity contribution in [2.75, 3.05) is 6.61 Å². The van der Waals surface area contributed by atoms with Crippen LogP contribution in [0.4, 0.5) is 0 Å². The quantitative estimate of drug-likeness (QED) is 0.802. The third-order valence-electron chi connectivity index (χ3n) is 3.24. The summed E-state index contributed by atoms with van der Waals surface area (Å²) in [4.78, 5) is 4.44. The molecule has 0 amide bonds. The van der Waals surface area contributed by atoms with Crippen LogP contribution in [0, 0.1) is 18.3 Å². The second-order valence-electron chi connectivity index (χ2n) is 5.01. The number of pyridine rings is 1. The van der Waals surface area contributed by atoms with Gasteiger partial charge in [0, 0.05) is 10.9 Å². The van der Waals surface area contributed by atoms with Crippen LogP contribution in [0.15, 0.2) is 47.5 Å². The molecule has 114 valence electrons. The first-order valence-corrected chi connectivity index (χ1v) is 7.90. The van der Waals surface area contributed by atoms with Crippen molar-refractivity contribution >= 4 is 11.8 Å². The largest absolute Gasteiger partial charge is 0.394 e. The van der Waals surface area contributed by atoms with Gasteiger partial charge in [-0.1, -0.05) is 42.1 Å². The number of benzene rings is 1. The normalized spacial score (nSPS) is 13.4. The Hall–Kier alpha value is -1.87. The fourth-order valence-electron chi connectivity index (χ4n) is 2.08. The van der Waals surface area contributed by atoms with Crippen molar-refractivity contribution in [3.05, 3.63) is 59.3 Å². The Bertz CT molecular complexity index is 655. The number of aliphatic hydroxyl groups excluding tert-OH is 2. The zero-order valence-electron chi connectivity index (χ0n) is 12.3. The maximum atomic E-state index is 9.80. The molecule has 0 aliphatic carbocycles. The van der Waals surface area contributed by atoms with E-state index in [9.17, 15) is 10.4 Å². The van der Waals surface area contributed by atoms with Crippen LogP contribution in [0.1, 0.15) is 28.5 Å². The highest BCUT2D eigenvalue weighted by molar-refractivity contribution is 7.99. The van der Waals surface area contributed by atoms with E-state index in [4.69, 9.17) is 5.11 Å². The summed E-state index contributed by atoms with van der Waals surface area (Å²) in [6.45, 7) is 1.60. The Balaban J connectivity index is 2.31. The molecule has 0 radical (unpaired) electrons. The number of aryl methyl sites for hydroxylation is 1. The van der Waals surface area contributed by atoms with Gasteiger partial charge in [0.25, 0.3) is 0 Å². The van der Waals surface area contributed by atoms with E-state index in [1.54, 1.807) is 6.07 Å². The molecule has 5 heteroatoms. The first-order valence-electron chi connectivity index (χ1n) is 7.02. The summed E-state index contributed by atoms with van der Waals surface area (Å²) in [7, 11) is 0. The topological polar surface area (TPSA) is 77.1 Å². The van der Waals surface area contributed by atoms with Gasteiger partial charge in [0.15, 0.2) is 0 Å². The SMILES string of the molecule is Cc1ccc(C#N)c(S[C@H](C[C@@H](O)CO)c2ccccc2)n1. The first kappa shape index (κ1) is 16.5. The molecule has 0 saturated carbocycles. The predicted molar refractivity (Wildman–Crippen MR) is 86.4 cm³/mol. The lowest BCUT2D eigenvalue weighted by atomic mass is 10.1. The second-order valence-corrected chi connectivity index (χ2v) is 6.20. The van der Waals surface area contributed by atoms with Gasteiger partial charge in [-0.15, -0.1) is 0 Å². The molecule has 2 N–H and O–H groups in total. The zero-order chi connectivity index (χ0) is 15.9. The Morgan fingerprint density at radius 2 is 1.95 bits per heavy atom. The number of aliphatic hydroxyl groups is 2. The minimum Gasteiger partial charge on any atom is -0.394 e. The van der Waals surface area contributed by atoms with Gasteiger partial charge in [0.2, 0.25) is 0 Å². The maximum absolute atomic E-state index is 9.80. The first-order chi connectivity index (χ1) is 10.6. The Labute approximate surface area is 134 Å². The van der Waals surface area contributed by atoms with E-state index < -0.39 is 6.10 Å². The van der Waals surface area contributed by atoms with Gasteiger partial charge in [-0.3, -0.25) is 0 Å². The lowest BCUT2D eigenvalue weighted by Gasteiger charge is -2.19. The van der Waals surface area contributed by atoms with Crippen LogP contribution < -0.4 is 0 Å². The van der Waals surface area contributed by atoms with Crippen molar-refractivity contribution in [2.45, 2.75) is 29.7 Å². The van der Waals surface area contributed by atoms with Crippen LogP contribution >= 0.6 is 11.8 Å². The van der Waals surface area contributed by atoms with Crippen LogP contribution in [0.25, 0.3) is 0 Å². The minimum absolute atomic E-state index is 0.0789. The highest BCUT2D eigenvalue weighted by atomic mass is 32.2. The molecule has 0 aliphatic heterocycles. The number of rotatable bonds is 6. The fourth-order valence-corrected chi connectivity index (χ4v) is 3.40. The average molecular weight is 314 g/mol. The molecular weight excluding hydrogens is 296 g/mol. The van der Waals surface area contributed by atoms with Gasteiger partial charge in [0.05, 0.1) is 18.3 Å². The summed E-state index contributed by atoms with van der Waals surface area (Å²) >= 11 is 1.45. The Kier molecular flexibility index (Phi) is 5.96. The highest BCUT2D eigenvalue weighted by Gasteiger charge is 2.20. The van der Waals surface area contributed by atoms with Crippen LogP contribution in [-0.4, -0.2) is 27.9 Å². The molecule has 0 aliphatic rings. The maximum Gasteiger partial charge on any atom is 0.115 e. The van der Waals surface area contributed by atoms with E-state index in [2.05, 4.69) is 11.1 Å². The Morgan fingerprint density at radius 3 is 2.59 bits per heavy atom. The van der Waals surface area contributed by atoms with Gasteiger partial charge in [-0.2, -0.15) is 5.26 Å². The molecular formula is C17H18N2O2S. The van der Waals surface area contributed by atoms with Crippen LogP contribution in [0.2, 0.25) is 0 Å². The molecule has 1 heterocycles. The summed E-state index contributed by atoms with van der Waals surface area (Å²) in [5.74, 6) is 0. The summed E-state index contributed by atoms with van der Waals surface area (Å²) in [6, 6.07) is 15.5. The number of thioether (sulfide) groups is 1. The van der Waals surface area contributed by atoms with E-state index in [1.807, 2.05) is 43.3 Å². The molecule has 0 saturated heterocycles. The second kappa shape index (κ2) is 7.95. The molecule has 1 aromatic heterocycles. The molecule has 2 aromatic rings. The van der Waals surface area contributed by atoms with E-state index in [-0.39, 0.29) is 11.9 Å². The summed E-state index contributed by atoms with van der Waals surface area (Å²) in [5.41, 5.74) is 2.40. The van der Waals surface area contributed by atoms with Gasteiger partial charge in [-0.05, 0) is 31.0 Å². The standard InChI is InChI=1S/C17H18N2O2S/c1-12-7-8-14(10-18)17(19-12)22-16(9-15(21)11-20)13-5-3-2-4-6-13/h2-8,15-16,20-21H,9,11H2,1H3/t15-,16-/m1/s1. The monoisotopic (exact) mass is 314 g/mol. The van der Waals surface area contributed by atoms with Crippen molar-refractivity contribution in [1.82, 2.24) is 4.98 Å². The molecule has 0 unspecified atom stereocenters. The van der Waals surface area contributed by atoms with Gasteiger partial charge in [-0.25, -0.2) is 4.98 Å². The average Bonchev–Trinajstić information content (AvgIpc) is 2.55. The summed E-state index contributed by atoms with van der Waals surface area (Å²) in [6.07, 6.45) is -0.404. The zero-order valence-corrected chi connectivity index (χ0v) is 13.1. The van der Waals surface area contributed by atoms with Crippen molar-refractivity contribution in [3.63, 3.8) is 0 Å². The third kappa shape index (κ3) is 4.31. The number of hydrogen-bond acceptors (Lipinski definition) is 5. The molecule has 4 nitrogen and oxygen atoms in total. The van der Waals surface area contributed by atoms with Gasteiger partial charge < -0.3 is 10.2 Å². The highest BCUT2D eigenvalue weighted by Crippen LogP contribution is 2.39. The lowest BCUT2D eigenvalue weighted by molar-refractivity contribution is 0.0879. The fraction of sp³-hybridized carbons (Fsp3) is 0.294. The molecule has 2 atom stereocenters. The van der Waals surface area contributed by atoms with E-state index in [0.717, 1.165) is 11.3 Å². The van der Waals surface area contributed by atoms with Crippen LogP contribution in [0.3, 0.4) is 0 Å². The minimum atomic E-state index is -0.798. The van der Waals surface area contributed by atoms with Crippen molar-refractivity contribution < 1.29 is 10.2 Å². The Morgan fingerprint density at radius 1 is 1.23 bits per heavy atom. The van der Waals surface area contributed by atoms with Crippen LogP contribution in [0.5, 0.6) is 0 Å². The molecule has 0 spiro atoms. The van der Waals surface area contributed by atoms with Gasteiger partial charge in [0.1, 0.15) is 11.1 Å². The van der Waals surface area contributed by atoms with Crippen molar-refractivity contribution in [3.8, 4) is 6.07 Å². The van der Waals surface area contributed by atoms with E-state index in [0.29, 0.717) is 17.0 Å². The van der Waals surface area contributed by atoms with Crippen molar-refractivity contribution in [1.29, 1.82) is 5.26 Å². The molecule has 0 bridgehead atoms. The molecule has 1 aromatic carbocycles. The van der Waals surface area contributed by atoms with E-state index in [1.165, 1.54) is 11.8 Å². The number of nitrogens with zero attached hydrogens (tertiary/aromatic N) is 2. The van der Waals surface area contributed by atoms with Crippen LogP contribution in [-0.2, 0) is 0 Å². The number of nitriles is 1. The molecule has 22 heavy (non-hydrogen) atoms. The smallest absolute Gasteiger partial charge is 0.115 e. The molecule has 2 rings (SSSR count). The molecule has 0 fully saturated rings. The summed E-state index contributed by atoms with van der Waals surface area (Å²) < 4.78 is 0. The number of aromatic nitrogens is 1. The van der Waals surface area contributed by atoms with E-state index >= 15 is 0 Å². The summed E-state index contributed by atoms with van der Waals surface area (Å²) in [5, 5.41) is 28.7. The predicted octanol–water partition coefficient (Wildman–Crippen LogP) is 2.84.